The van der Waals surface area contributed by atoms with E-state index in [2.05, 4.69) is 22.5 Å². The van der Waals surface area contributed by atoms with Gasteiger partial charge in [0, 0.05) is 24.6 Å². The Kier molecular flexibility index (Phi) is 5.39. The second kappa shape index (κ2) is 7.41. The van der Waals surface area contributed by atoms with Crippen LogP contribution < -0.4 is 10.6 Å². The number of imide groups is 1. The third-order valence-electron chi connectivity index (χ3n) is 5.20. The maximum atomic E-state index is 12.6. The van der Waals surface area contributed by atoms with E-state index in [1.807, 2.05) is 6.08 Å². The Morgan fingerprint density at radius 2 is 2.00 bits per heavy atom. The van der Waals surface area contributed by atoms with Gasteiger partial charge in [-0.2, -0.15) is 4.31 Å². The summed E-state index contributed by atoms with van der Waals surface area (Å²) in [4.78, 5) is 23.1. The summed E-state index contributed by atoms with van der Waals surface area (Å²) in [6, 6.07) is -0.661. The fourth-order valence-electron chi connectivity index (χ4n) is 3.60. The van der Waals surface area contributed by atoms with Gasteiger partial charge in [0.1, 0.15) is 5.54 Å². The van der Waals surface area contributed by atoms with Crippen molar-refractivity contribution < 1.29 is 18.0 Å². The average Bonchev–Trinajstić information content (AvgIpc) is 2.85. The monoisotopic (exact) mass is 379 g/mol. The molecule has 8 heteroatoms. The normalized spacial score (nSPS) is 28.0. The fourth-order valence-corrected chi connectivity index (χ4v) is 5.38. The molecule has 26 heavy (non-hydrogen) atoms. The highest BCUT2D eigenvalue weighted by Gasteiger charge is 2.46. The van der Waals surface area contributed by atoms with Crippen LogP contribution in [0.5, 0.6) is 0 Å². The number of urea groups is 1. The topological polar surface area (TPSA) is 95.6 Å². The molecular formula is C18H25N3O4S. The van der Waals surface area contributed by atoms with E-state index in [-0.39, 0.29) is 6.54 Å². The third kappa shape index (κ3) is 4.27. The van der Waals surface area contributed by atoms with Crippen molar-refractivity contribution in [2.24, 2.45) is 5.92 Å². The number of carbonyl (C=O) groups is 2. The van der Waals surface area contributed by atoms with Gasteiger partial charge < -0.3 is 5.32 Å². The summed E-state index contributed by atoms with van der Waals surface area (Å²) in [5.74, 6) is 5.96. The van der Waals surface area contributed by atoms with E-state index < -0.39 is 33.3 Å². The van der Waals surface area contributed by atoms with E-state index in [4.69, 9.17) is 0 Å². The average molecular weight is 379 g/mol. The number of amides is 3. The van der Waals surface area contributed by atoms with Gasteiger partial charge in [0.15, 0.2) is 0 Å². The summed E-state index contributed by atoms with van der Waals surface area (Å²) < 4.78 is 26.6. The minimum Gasteiger partial charge on any atom is -0.322 e. The lowest BCUT2D eigenvalue weighted by Gasteiger charge is -2.28. The predicted molar refractivity (Wildman–Crippen MR) is 97.5 cm³/mol. The second-order valence-corrected chi connectivity index (χ2v) is 9.41. The van der Waals surface area contributed by atoms with Crippen molar-refractivity contribution in [1.29, 1.82) is 0 Å². The van der Waals surface area contributed by atoms with Crippen molar-refractivity contribution in [3.63, 3.8) is 0 Å². The molecule has 0 unspecified atom stereocenters. The maximum Gasteiger partial charge on any atom is 0.322 e. The van der Waals surface area contributed by atoms with Crippen LogP contribution in [0.2, 0.25) is 0 Å². The molecule has 1 aliphatic carbocycles. The van der Waals surface area contributed by atoms with Gasteiger partial charge in [-0.1, -0.05) is 37.2 Å². The number of nitrogens with one attached hydrogen (secondary N) is 2. The number of sulfonamides is 1. The summed E-state index contributed by atoms with van der Waals surface area (Å²) >= 11 is 0. The first-order valence-electron chi connectivity index (χ1n) is 9.10. The van der Waals surface area contributed by atoms with Crippen LogP contribution in [0, 0.1) is 17.8 Å². The van der Waals surface area contributed by atoms with Gasteiger partial charge in [-0.05, 0) is 26.2 Å². The number of carbonyl (C=O) groups excluding carboxylic acids is 2. The molecular weight excluding hydrogens is 354 g/mol. The standard InChI is InChI=1S/C18H25N3O4S/c1-18(16(22)19-17(23)20-18)13-26(24,25)21-11-9-15(10-12-21)8-7-14-5-3-2-4-6-14/h9,14H,2-6,10-13H2,1H3,(H2,19,20,22,23)/t18-/m1/s1. The van der Waals surface area contributed by atoms with E-state index in [0.29, 0.717) is 18.9 Å². The molecule has 0 radical (unpaired) electrons. The van der Waals surface area contributed by atoms with E-state index in [1.165, 1.54) is 30.5 Å². The SMILES string of the molecule is C[C@]1(CS(=O)(=O)N2CC=C(C#CC3CCCCC3)CC2)NC(=O)NC1=O. The molecule has 2 fully saturated rings. The Morgan fingerprint density at radius 1 is 1.27 bits per heavy atom. The van der Waals surface area contributed by atoms with Crippen molar-refractivity contribution in [2.75, 3.05) is 18.8 Å². The minimum atomic E-state index is -3.68. The molecule has 2 aliphatic heterocycles. The Morgan fingerprint density at radius 3 is 2.58 bits per heavy atom. The van der Waals surface area contributed by atoms with Crippen LogP contribution >= 0.6 is 0 Å². The van der Waals surface area contributed by atoms with Gasteiger partial charge in [-0.15, -0.1) is 0 Å². The van der Waals surface area contributed by atoms with E-state index >= 15 is 0 Å². The summed E-state index contributed by atoms with van der Waals surface area (Å²) in [6.45, 7) is 2.02. The molecule has 142 valence electrons. The molecule has 3 aliphatic rings. The van der Waals surface area contributed by atoms with E-state index in [1.54, 1.807) is 0 Å². The highest BCUT2D eigenvalue weighted by molar-refractivity contribution is 7.89. The third-order valence-corrected chi connectivity index (χ3v) is 7.26. The molecule has 3 rings (SSSR count). The molecule has 3 amide bonds. The van der Waals surface area contributed by atoms with Crippen molar-refractivity contribution in [3.8, 4) is 11.8 Å². The van der Waals surface area contributed by atoms with Crippen LogP contribution in [-0.4, -0.2) is 49.0 Å². The Labute approximate surface area is 154 Å². The first-order valence-corrected chi connectivity index (χ1v) is 10.7. The molecule has 0 aromatic carbocycles. The van der Waals surface area contributed by atoms with Crippen molar-refractivity contribution in [3.05, 3.63) is 11.6 Å². The smallest absolute Gasteiger partial charge is 0.322 e. The molecule has 0 bridgehead atoms. The zero-order valence-corrected chi connectivity index (χ0v) is 15.8. The second-order valence-electron chi connectivity index (χ2n) is 7.44. The zero-order chi connectivity index (χ0) is 18.8. The van der Waals surface area contributed by atoms with Crippen LogP contribution in [0.25, 0.3) is 0 Å². The predicted octanol–water partition coefficient (Wildman–Crippen LogP) is 1.13. The Bertz CT molecular complexity index is 787. The quantitative estimate of drug-likeness (QED) is 0.568. The first-order chi connectivity index (χ1) is 12.3. The lowest BCUT2D eigenvalue weighted by atomic mass is 9.89. The maximum absolute atomic E-state index is 12.6. The Hall–Kier alpha value is -1.85. The summed E-state index contributed by atoms with van der Waals surface area (Å²) in [6.07, 6.45) is 8.53. The van der Waals surface area contributed by atoms with Crippen molar-refractivity contribution in [2.45, 2.75) is 51.0 Å². The molecule has 0 aromatic rings. The molecule has 1 saturated carbocycles. The first kappa shape index (κ1) is 18.9. The minimum absolute atomic E-state index is 0.253. The molecule has 7 nitrogen and oxygen atoms in total. The van der Waals surface area contributed by atoms with E-state index in [0.717, 1.165) is 18.4 Å². The number of hydrogen-bond acceptors (Lipinski definition) is 4. The van der Waals surface area contributed by atoms with Crippen molar-refractivity contribution >= 4 is 22.0 Å². The largest absolute Gasteiger partial charge is 0.322 e. The van der Waals surface area contributed by atoms with Crippen LogP contribution in [-0.2, 0) is 14.8 Å². The van der Waals surface area contributed by atoms with Crippen LogP contribution in [0.15, 0.2) is 11.6 Å². The highest BCUT2D eigenvalue weighted by Crippen LogP contribution is 2.23. The summed E-state index contributed by atoms with van der Waals surface area (Å²) in [5, 5.41) is 4.48. The van der Waals surface area contributed by atoms with Crippen LogP contribution in [0.3, 0.4) is 0 Å². The van der Waals surface area contributed by atoms with E-state index in [9.17, 15) is 18.0 Å². The summed E-state index contributed by atoms with van der Waals surface area (Å²) in [7, 11) is -3.68. The molecule has 2 N–H and O–H groups in total. The molecule has 1 atom stereocenters. The van der Waals surface area contributed by atoms with Gasteiger partial charge in [-0.25, -0.2) is 13.2 Å². The molecule has 0 aromatic heterocycles. The Balaban J connectivity index is 1.61. The van der Waals surface area contributed by atoms with Gasteiger partial charge >= 0.3 is 6.03 Å². The number of nitrogens with zero attached hydrogens (tertiary/aromatic N) is 1. The molecule has 1 saturated heterocycles. The lowest BCUT2D eigenvalue weighted by Crippen LogP contribution is -2.52. The fraction of sp³-hybridized carbons (Fsp3) is 0.667. The van der Waals surface area contributed by atoms with Gasteiger partial charge in [0.2, 0.25) is 10.0 Å². The highest BCUT2D eigenvalue weighted by atomic mass is 32.2. The number of hydrogen-bond donors (Lipinski definition) is 2. The van der Waals surface area contributed by atoms with Gasteiger partial charge in [0.25, 0.3) is 5.91 Å². The number of rotatable bonds is 3. The van der Waals surface area contributed by atoms with Crippen molar-refractivity contribution in [1.82, 2.24) is 14.9 Å². The van der Waals surface area contributed by atoms with Gasteiger partial charge in [-0.3, -0.25) is 10.1 Å². The molecule has 0 spiro atoms. The van der Waals surface area contributed by atoms with Crippen LogP contribution in [0.4, 0.5) is 4.79 Å². The van der Waals surface area contributed by atoms with Crippen LogP contribution in [0.1, 0.15) is 45.4 Å². The lowest BCUT2D eigenvalue weighted by molar-refractivity contribution is -0.122. The zero-order valence-electron chi connectivity index (χ0n) is 15.0. The molecule has 2 heterocycles. The van der Waals surface area contributed by atoms with Gasteiger partial charge in [0.05, 0.1) is 5.75 Å². The summed E-state index contributed by atoms with van der Waals surface area (Å²) in [5.41, 5.74) is -0.444.